The third kappa shape index (κ3) is 0.549. The molecule has 0 bridgehead atoms. The van der Waals surface area contributed by atoms with Gasteiger partial charge in [-0.05, 0) is 7.05 Å². The van der Waals surface area contributed by atoms with Crippen LogP contribution in [-0.2, 0) is 0 Å². The average molecular weight is 145 g/mol. The number of aliphatic hydroxyl groups excluding tert-OH is 3. The molecule has 3 N–H and O–H groups in total. The van der Waals surface area contributed by atoms with Gasteiger partial charge in [-0.3, -0.25) is 4.90 Å². The number of hydrogen-bond acceptors (Lipinski definition) is 4. The van der Waals surface area contributed by atoms with E-state index in [0.29, 0.717) is 0 Å². The quantitative estimate of drug-likeness (QED) is 0.337. The predicted octanol–water partition coefficient (Wildman–Crippen LogP) is -2.23. The van der Waals surface area contributed by atoms with Gasteiger partial charge < -0.3 is 15.3 Å². The van der Waals surface area contributed by atoms with E-state index in [1.807, 2.05) is 11.9 Å². The predicted molar refractivity (Wildman–Crippen MR) is 33.4 cm³/mol. The first-order valence-electron chi connectivity index (χ1n) is 3.40. The molecule has 4 nitrogen and oxygen atoms in total. The molecule has 0 amide bonds. The molecule has 6 atom stereocenters. The summed E-state index contributed by atoms with van der Waals surface area (Å²) in [6.45, 7) is 0. The van der Waals surface area contributed by atoms with Gasteiger partial charge in [0.1, 0.15) is 6.10 Å². The molecule has 0 spiro atoms. The Bertz CT molecular complexity index is 143. The molecular formula is C6H11NO3. The molecule has 2 fully saturated rings. The number of aliphatic hydroxyl groups is 3. The fourth-order valence-corrected chi connectivity index (χ4v) is 1.88. The third-order valence-corrected chi connectivity index (χ3v) is 2.60. The van der Waals surface area contributed by atoms with Crippen LogP contribution in [0.4, 0.5) is 0 Å². The highest BCUT2D eigenvalue weighted by atomic mass is 16.4. The molecule has 2 rings (SSSR count). The van der Waals surface area contributed by atoms with Crippen molar-refractivity contribution in [2.75, 3.05) is 7.05 Å². The zero-order chi connectivity index (χ0) is 7.46. The van der Waals surface area contributed by atoms with Gasteiger partial charge in [-0.15, -0.1) is 0 Å². The van der Waals surface area contributed by atoms with Crippen LogP contribution in [0, 0.1) is 0 Å². The summed E-state index contributed by atoms with van der Waals surface area (Å²) in [6, 6.07) is -0.0185. The lowest BCUT2D eigenvalue weighted by atomic mass is 10.2. The van der Waals surface area contributed by atoms with Crippen LogP contribution in [-0.4, -0.2) is 57.7 Å². The zero-order valence-corrected chi connectivity index (χ0v) is 5.68. The second-order valence-corrected chi connectivity index (χ2v) is 3.12. The van der Waals surface area contributed by atoms with Gasteiger partial charge in [0.2, 0.25) is 0 Å². The molecule has 58 valence electrons. The van der Waals surface area contributed by atoms with Gasteiger partial charge in [0, 0.05) is 0 Å². The Labute approximate surface area is 58.7 Å². The van der Waals surface area contributed by atoms with Gasteiger partial charge in [0.25, 0.3) is 0 Å². The molecule has 1 heterocycles. The minimum atomic E-state index is -0.939. The van der Waals surface area contributed by atoms with E-state index in [1.54, 1.807) is 0 Å². The van der Waals surface area contributed by atoms with Crippen LogP contribution in [0.2, 0.25) is 0 Å². The summed E-state index contributed by atoms with van der Waals surface area (Å²) in [5, 5.41) is 27.5. The van der Waals surface area contributed by atoms with E-state index in [1.165, 1.54) is 0 Å². The molecular weight excluding hydrogens is 134 g/mol. The van der Waals surface area contributed by atoms with Crippen molar-refractivity contribution >= 4 is 0 Å². The maximum Gasteiger partial charge on any atom is 0.109 e. The number of likely N-dealkylation sites (tertiary alicyclic amines) is 1. The fraction of sp³-hybridized carbons (Fsp3) is 1.00. The first-order chi connectivity index (χ1) is 4.64. The molecule has 4 heteroatoms. The van der Waals surface area contributed by atoms with Crippen molar-refractivity contribution in [1.82, 2.24) is 4.90 Å². The molecule has 0 aromatic carbocycles. The Kier molecular flexibility index (Phi) is 1.12. The first kappa shape index (κ1) is 6.54. The number of nitrogens with zero attached hydrogens (tertiary/aromatic N) is 1. The topological polar surface area (TPSA) is 63.7 Å². The van der Waals surface area contributed by atoms with E-state index in [9.17, 15) is 10.2 Å². The number of likely N-dealkylation sites (N-methyl/N-ethyl adjacent to an activating group) is 1. The standard InChI is InChI=1S/C6H11NO3/c1-7-2-3(7)5(9)6(10)4(2)8/h2-6,8-10H,1H3/t2-,3+,4-,5-,6?,7?/m1/s1. The highest BCUT2D eigenvalue weighted by molar-refractivity contribution is 5.18. The molecule has 1 saturated carbocycles. The number of rotatable bonds is 0. The Morgan fingerprint density at radius 2 is 1.30 bits per heavy atom. The minimum Gasteiger partial charge on any atom is -0.389 e. The normalized spacial score (nSPS) is 60.6. The smallest absolute Gasteiger partial charge is 0.109 e. The molecule has 2 unspecified atom stereocenters. The van der Waals surface area contributed by atoms with Gasteiger partial charge in [-0.25, -0.2) is 0 Å². The van der Waals surface area contributed by atoms with E-state index in [-0.39, 0.29) is 12.1 Å². The Hall–Kier alpha value is -0.160. The number of piperidine rings is 1. The summed E-state index contributed by atoms with van der Waals surface area (Å²) in [4.78, 5) is 1.86. The highest BCUT2D eigenvalue weighted by Gasteiger charge is 2.63. The first-order valence-corrected chi connectivity index (χ1v) is 3.40. The maximum atomic E-state index is 9.20. The molecule has 1 saturated heterocycles. The molecule has 0 aromatic heterocycles. The maximum absolute atomic E-state index is 9.20. The van der Waals surface area contributed by atoms with E-state index in [4.69, 9.17) is 5.11 Å². The van der Waals surface area contributed by atoms with Crippen molar-refractivity contribution in [3.8, 4) is 0 Å². The third-order valence-electron chi connectivity index (χ3n) is 2.60. The fourth-order valence-electron chi connectivity index (χ4n) is 1.88. The largest absolute Gasteiger partial charge is 0.389 e. The van der Waals surface area contributed by atoms with E-state index >= 15 is 0 Å². The Morgan fingerprint density at radius 3 is 1.60 bits per heavy atom. The van der Waals surface area contributed by atoms with Gasteiger partial charge in [-0.1, -0.05) is 0 Å². The van der Waals surface area contributed by atoms with Crippen molar-refractivity contribution in [1.29, 1.82) is 0 Å². The van der Waals surface area contributed by atoms with Crippen molar-refractivity contribution in [2.24, 2.45) is 0 Å². The van der Waals surface area contributed by atoms with Crippen LogP contribution in [0.15, 0.2) is 0 Å². The van der Waals surface area contributed by atoms with Crippen LogP contribution in [0.5, 0.6) is 0 Å². The van der Waals surface area contributed by atoms with E-state index < -0.39 is 18.3 Å². The van der Waals surface area contributed by atoms with Crippen molar-refractivity contribution in [2.45, 2.75) is 30.4 Å². The number of hydrogen-bond donors (Lipinski definition) is 3. The van der Waals surface area contributed by atoms with Crippen LogP contribution >= 0.6 is 0 Å². The van der Waals surface area contributed by atoms with Gasteiger partial charge >= 0.3 is 0 Å². The second-order valence-electron chi connectivity index (χ2n) is 3.12. The van der Waals surface area contributed by atoms with E-state index in [2.05, 4.69) is 0 Å². The lowest BCUT2D eigenvalue weighted by Gasteiger charge is -2.17. The van der Waals surface area contributed by atoms with Crippen LogP contribution in [0.3, 0.4) is 0 Å². The average Bonchev–Trinajstić information content (AvgIpc) is 2.50. The zero-order valence-electron chi connectivity index (χ0n) is 5.68. The molecule has 1 aliphatic heterocycles. The summed E-state index contributed by atoms with van der Waals surface area (Å²) in [7, 11) is 1.83. The van der Waals surface area contributed by atoms with Crippen LogP contribution in [0.1, 0.15) is 0 Å². The van der Waals surface area contributed by atoms with Crippen LogP contribution < -0.4 is 0 Å². The second kappa shape index (κ2) is 1.71. The lowest BCUT2D eigenvalue weighted by molar-refractivity contribution is -0.0468. The summed E-state index contributed by atoms with van der Waals surface area (Å²) >= 11 is 0. The van der Waals surface area contributed by atoms with Crippen LogP contribution in [0.25, 0.3) is 0 Å². The minimum absolute atomic E-state index is 0.00926. The van der Waals surface area contributed by atoms with Gasteiger partial charge in [-0.2, -0.15) is 0 Å². The Morgan fingerprint density at radius 1 is 0.900 bits per heavy atom. The SMILES string of the molecule is CN1[C@@H]2[C@H]1[C@@H](O)C(O)[C@@H]2O. The van der Waals surface area contributed by atoms with Crippen molar-refractivity contribution in [3.05, 3.63) is 0 Å². The molecule has 0 radical (unpaired) electrons. The molecule has 1 aliphatic carbocycles. The van der Waals surface area contributed by atoms with Crippen molar-refractivity contribution < 1.29 is 15.3 Å². The summed E-state index contributed by atoms with van der Waals surface area (Å²) in [5.74, 6) is 0. The molecule has 2 aliphatic rings. The highest BCUT2D eigenvalue weighted by Crippen LogP contribution is 2.40. The summed E-state index contributed by atoms with van der Waals surface area (Å²) in [5.41, 5.74) is 0. The Balaban J connectivity index is 2.14. The summed E-state index contributed by atoms with van der Waals surface area (Å²) < 4.78 is 0. The molecule has 0 aromatic rings. The summed E-state index contributed by atoms with van der Waals surface area (Å²) in [6.07, 6.45) is -2.46. The molecule has 10 heavy (non-hydrogen) atoms. The van der Waals surface area contributed by atoms with Gasteiger partial charge in [0.15, 0.2) is 0 Å². The van der Waals surface area contributed by atoms with Crippen molar-refractivity contribution in [3.63, 3.8) is 0 Å². The lowest BCUT2D eigenvalue weighted by Crippen LogP contribution is -2.38. The van der Waals surface area contributed by atoms with Gasteiger partial charge in [0.05, 0.1) is 24.3 Å². The van der Waals surface area contributed by atoms with E-state index in [0.717, 1.165) is 0 Å². The number of fused-ring (bicyclic) bond motifs is 1. The monoisotopic (exact) mass is 145 g/mol.